The zero-order valence-electron chi connectivity index (χ0n) is 13.3. The van der Waals surface area contributed by atoms with Crippen LogP contribution in [-0.2, 0) is 0 Å². The Bertz CT molecular complexity index is 1020. The van der Waals surface area contributed by atoms with Gasteiger partial charge in [-0.2, -0.15) is 0 Å². The van der Waals surface area contributed by atoms with Crippen LogP contribution in [0.4, 0.5) is 0 Å². The van der Waals surface area contributed by atoms with Crippen LogP contribution in [0.1, 0.15) is 5.56 Å². The summed E-state index contributed by atoms with van der Waals surface area (Å²) in [5.41, 5.74) is 6.68. The van der Waals surface area contributed by atoms with Gasteiger partial charge >= 0.3 is 0 Å². The largest absolute Gasteiger partial charge is 0.248 e. The number of aromatic nitrogens is 1. The lowest BCUT2D eigenvalue weighted by molar-refractivity contribution is 1.38. The third kappa shape index (κ3) is 2.79. The van der Waals surface area contributed by atoms with Crippen LogP contribution < -0.4 is 0 Å². The Labute approximate surface area is 146 Å². The SMILES string of the molecule is Cc1cccc(-c2cc(-c3ccc(Cl)cc3)c3ccccc3n2)c1. The second kappa shape index (κ2) is 6.10. The molecule has 1 nitrogen and oxygen atoms in total. The minimum Gasteiger partial charge on any atom is -0.248 e. The Balaban J connectivity index is 1.99. The summed E-state index contributed by atoms with van der Waals surface area (Å²) in [7, 11) is 0. The van der Waals surface area contributed by atoms with Crippen molar-refractivity contribution in [2.45, 2.75) is 6.92 Å². The molecule has 0 fully saturated rings. The lowest BCUT2D eigenvalue weighted by Gasteiger charge is -2.11. The standard InChI is InChI=1S/C22H16ClN/c1-15-5-4-6-17(13-15)22-14-20(16-9-11-18(23)12-10-16)19-7-2-3-8-21(19)24-22/h2-14H,1H3. The molecule has 0 aliphatic rings. The molecule has 0 aliphatic heterocycles. The van der Waals surface area contributed by atoms with Gasteiger partial charge in [-0.1, -0.05) is 65.7 Å². The summed E-state index contributed by atoms with van der Waals surface area (Å²) in [5, 5.41) is 1.90. The first-order chi connectivity index (χ1) is 11.7. The van der Waals surface area contributed by atoms with E-state index in [1.54, 1.807) is 0 Å². The summed E-state index contributed by atoms with van der Waals surface area (Å²) < 4.78 is 0. The smallest absolute Gasteiger partial charge is 0.0716 e. The zero-order chi connectivity index (χ0) is 16.5. The van der Waals surface area contributed by atoms with Crippen LogP contribution in [0.15, 0.2) is 78.9 Å². The molecule has 3 aromatic carbocycles. The Morgan fingerprint density at radius 3 is 2.33 bits per heavy atom. The number of fused-ring (bicyclic) bond motifs is 1. The molecule has 4 aromatic rings. The second-order valence-electron chi connectivity index (χ2n) is 5.95. The molecule has 0 saturated heterocycles. The molecule has 0 unspecified atom stereocenters. The van der Waals surface area contributed by atoms with Gasteiger partial charge in [-0.05, 0) is 48.4 Å². The maximum Gasteiger partial charge on any atom is 0.0716 e. The number of pyridine rings is 1. The molecule has 1 heterocycles. The predicted molar refractivity (Wildman–Crippen MR) is 102 cm³/mol. The fraction of sp³-hybridized carbons (Fsp3) is 0.0455. The highest BCUT2D eigenvalue weighted by atomic mass is 35.5. The molecular formula is C22H16ClN. The highest BCUT2D eigenvalue weighted by Crippen LogP contribution is 2.32. The fourth-order valence-electron chi connectivity index (χ4n) is 3.00. The first-order valence-electron chi connectivity index (χ1n) is 7.93. The molecule has 1 aromatic heterocycles. The van der Waals surface area contributed by atoms with Gasteiger partial charge in [0.2, 0.25) is 0 Å². The lowest BCUT2D eigenvalue weighted by atomic mass is 9.98. The van der Waals surface area contributed by atoms with Gasteiger partial charge in [0.05, 0.1) is 11.2 Å². The van der Waals surface area contributed by atoms with Crippen molar-refractivity contribution in [3.8, 4) is 22.4 Å². The molecule has 24 heavy (non-hydrogen) atoms. The number of hydrogen-bond acceptors (Lipinski definition) is 1. The lowest BCUT2D eigenvalue weighted by Crippen LogP contribution is -1.90. The van der Waals surface area contributed by atoms with E-state index in [1.807, 2.05) is 18.2 Å². The molecule has 0 amide bonds. The number of hydrogen-bond donors (Lipinski definition) is 0. The van der Waals surface area contributed by atoms with E-state index >= 15 is 0 Å². The minimum atomic E-state index is 0.746. The Kier molecular flexibility index (Phi) is 3.79. The average Bonchev–Trinajstić information content (AvgIpc) is 2.61. The number of rotatable bonds is 2. The average molecular weight is 330 g/mol. The van der Waals surface area contributed by atoms with Crippen molar-refractivity contribution >= 4 is 22.5 Å². The molecular weight excluding hydrogens is 314 g/mol. The second-order valence-corrected chi connectivity index (χ2v) is 6.39. The van der Waals surface area contributed by atoms with Crippen molar-refractivity contribution in [2.24, 2.45) is 0 Å². The predicted octanol–water partition coefficient (Wildman–Crippen LogP) is 6.53. The summed E-state index contributed by atoms with van der Waals surface area (Å²) in [6.45, 7) is 2.10. The molecule has 0 saturated carbocycles. The van der Waals surface area contributed by atoms with E-state index in [2.05, 4.69) is 67.6 Å². The Morgan fingerprint density at radius 2 is 1.54 bits per heavy atom. The van der Waals surface area contributed by atoms with Gasteiger partial charge in [-0.15, -0.1) is 0 Å². The quantitative estimate of drug-likeness (QED) is 0.407. The van der Waals surface area contributed by atoms with Gasteiger partial charge in [0.1, 0.15) is 0 Å². The monoisotopic (exact) mass is 329 g/mol. The molecule has 0 radical (unpaired) electrons. The summed E-state index contributed by atoms with van der Waals surface area (Å²) in [4.78, 5) is 4.86. The van der Waals surface area contributed by atoms with Gasteiger partial charge in [-0.25, -0.2) is 4.98 Å². The molecule has 0 atom stereocenters. The van der Waals surface area contributed by atoms with E-state index in [0.29, 0.717) is 0 Å². The summed E-state index contributed by atoms with van der Waals surface area (Å²) in [5.74, 6) is 0. The molecule has 0 spiro atoms. The van der Waals surface area contributed by atoms with E-state index in [0.717, 1.165) is 32.7 Å². The van der Waals surface area contributed by atoms with Crippen LogP contribution in [0.2, 0.25) is 5.02 Å². The van der Waals surface area contributed by atoms with Crippen LogP contribution >= 0.6 is 11.6 Å². The van der Waals surface area contributed by atoms with Gasteiger partial charge in [0, 0.05) is 16.0 Å². The van der Waals surface area contributed by atoms with Gasteiger partial charge in [0.15, 0.2) is 0 Å². The molecule has 0 aliphatic carbocycles. The minimum absolute atomic E-state index is 0.746. The molecule has 0 N–H and O–H groups in total. The summed E-state index contributed by atoms with van der Waals surface area (Å²) in [6.07, 6.45) is 0. The molecule has 2 heteroatoms. The highest BCUT2D eigenvalue weighted by Gasteiger charge is 2.09. The van der Waals surface area contributed by atoms with Crippen molar-refractivity contribution < 1.29 is 0 Å². The number of benzene rings is 3. The van der Waals surface area contributed by atoms with Crippen molar-refractivity contribution in [3.63, 3.8) is 0 Å². The van der Waals surface area contributed by atoms with Crippen molar-refractivity contribution in [3.05, 3.63) is 89.4 Å². The third-order valence-corrected chi connectivity index (χ3v) is 4.44. The summed E-state index contributed by atoms with van der Waals surface area (Å²) >= 11 is 6.05. The van der Waals surface area contributed by atoms with Gasteiger partial charge < -0.3 is 0 Å². The van der Waals surface area contributed by atoms with Crippen LogP contribution in [0.5, 0.6) is 0 Å². The van der Waals surface area contributed by atoms with Crippen LogP contribution in [0, 0.1) is 6.92 Å². The van der Waals surface area contributed by atoms with E-state index in [9.17, 15) is 0 Å². The Hall–Kier alpha value is -2.64. The van der Waals surface area contributed by atoms with Gasteiger partial charge in [0.25, 0.3) is 0 Å². The van der Waals surface area contributed by atoms with Crippen molar-refractivity contribution in [1.82, 2.24) is 4.98 Å². The van der Waals surface area contributed by atoms with Gasteiger partial charge in [-0.3, -0.25) is 0 Å². The molecule has 116 valence electrons. The van der Waals surface area contributed by atoms with E-state index < -0.39 is 0 Å². The Morgan fingerprint density at radius 1 is 0.750 bits per heavy atom. The maximum atomic E-state index is 6.05. The number of aryl methyl sites for hydroxylation is 1. The normalized spacial score (nSPS) is 10.9. The zero-order valence-corrected chi connectivity index (χ0v) is 14.1. The summed E-state index contributed by atoms with van der Waals surface area (Å²) in [6, 6.07) is 26.9. The van der Waals surface area contributed by atoms with Crippen LogP contribution in [0.3, 0.4) is 0 Å². The first-order valence-corrected chi connectivity index (χ1v) is 8.31. The fourth-order valence-corrected chi connectivity index (χ4v) is 3.12. The highest BCUT2D eigenvalue weighted by molar-refractivity contribution is 6.30. The maximum absolute atomic E-state index is 6.05. The number of para-hydroxylation sites is 1. The van der Waals surface area contributed by atoms with Crippen molar-refractivity contribution in [1.29, 1.82) is 0 Å². The number of halogens is 1. The topological polar surface area (TPSA) is 12.9 Å². The van der Waals surface area contributed by atoms with Crippen LogP contribution in [0.25, 0.3) is 33.3 Å². The molecule has 4 rings (SSSR count). The molecule has 0 bridgehead atoms. The van der Waals surface area contributed by atoms with E-state index in [4.69, 9.17) is 16.6 Å². The third-order valence-electron chi connectivity index (χ3n) is 4.19. The number of nitrogens with zero attached hydrogens (tertiary/aromatic N) is 1. The van der Waals surface area contributed by atoms with Crippen LogP contribution in [-0.4, -0.2) is 4.98 Å². The van der Waals surface area contributed by atoms with E-state index in [1.165, 1.54) is 11.1 Å². The first kappa shape index (κ1) is 14.9. The van der Waals surface area contributed by atoms with E-state index in [-0.39, 0.29) is 0 Å². The van der Waals surface area contributed by atoms with Crippen molar-refractivity contribution in [2.75, 3.05) is 0 Å².